The maximum Gasteiger partial charge on any atom is 0.0626 e. The molecule has 0 heteroatoms. The van der Waals surface area contributed by atoms with E-state index in [0.29, 0.717) is 6.04 Å². The van der Waals surface area contributed by atoms with Crippen molar-refractivity contribution < 1.29 is 2.74 Å². The minimum absolute atomic E-state index is 0.634. The fourth-order valence-corrected chi connectivity index (χ4v) is 0.580. The van der Waals surface area contributed by atoms with Gasteiger partial charge in [-0.3, -0.25) is 0 Å². The Bertz CT molecular complexity index is 219. The van der Waals surface area contributed by atoms with Gasteiger partial charge in [0.25, 0.3) is 0 Å². The molecule has 0 fully saturated rings. The lowest BCUT2D eigenvalue weighted by molar-refractivity contribution is 1.40. The van der Waals surface area contributed by atoms with E-state index in [4.69, 9.17) is 2.74 Å². The second-order valence-electron chi connectivity index (χ2n) is 2.05. The molecule has 1 aromatic carbocycles. The average Bonchev–Trinajstić information content (AvgIpc) is 2.02. The molecule has 1 rings (SSSR count). The quantitative estimate of drug-likeness (QED) is 0.501. The van der Waals surface area contributed by atoms with E-state index in [1.54, 1.807) is 0 Å². The lowest BCUT2D eigenvalue weighted by Crippen LogP contribution is -1.70. The summed E-state index contributed by atoms with van der Waals surface area (Å²) in [6.45, 7) is 3.94. The second kappa shape index (κ2) is 3.29. The molecule has 0 aliphatic rings. The lowest BCUT2D eigenvalue weighted by Gasteiger charge is -1.90. The Balaban J connectivity index is 0.000000461. The molecule has 0 nitrogen and oxygen atoms in total. The summed E-state index contributed by atoms with van der Waals surface area (Å²) in [6, 6.07) is 6.50. The first-order valence-corrected chi connectivity index (χ1v) is 2.74. The number of rotatable bonds is 0. The van der Waals surface area contributed by atoms with E-state index in [-0.39, 0.29) is 0 Å². The molecule has 1 aromatic rings. The van der Waals surface area contributed by atoms with Crippen LogP contribution in [0.4, 0.5) is 0 Å². The van der Waals surface area contributed by atoms with Gasteiger partial charge in [0.2, 0.25) is 0 Å². The van der Waals surface area contributed by atoms with Crippen molar-refractivity contribution in [2.24, 2.45) is 0 Å². The van der Waals surface area contributed by atoms with Crippen LogP contribution >= 0.6 is 0 Å². The van der Waals surface area contributed by atoms with Gasteiger partial charge in [-0.2, -0.15) is 0 Å². The van der Waals surface area contributed by atoms with E-state index < -0.39 is 0 Å². The predicted octanol–water partition coefficient (Wildman–Crippen LogP) is 2.94. The fourth-order valence-electron chi connectivity index (χ4n) is 0.580. The molecule has 0 atom stereocenters. The topological polar surface area (TPSA) is 0 Å². The zero-order valence-electron chi connectivity index (χ0n) is 8.23. The van der Waals surface area contributed by atoms with Gasteiger partial charge in [-0.25, -0.2) is 0 Å². The van der Waals surface area contributed by atoms with Crippen LogP contribution in [-0.4, -0.2) is 0 Å². The first kappa shape index (κ1) is 5.04. The number of benzene rings is 1. The Hall–Kier alpha value is -0.780. The molecule has 0 aromatic heterocycles. The van der Waals surface area contributed by atoms with Gasteiger partial charge >= 0.3 is 0 Å². The molecule has 0 saturated heterocycles. The summed E-state index contributed by atoms with van der Waals surface area (Å²) in [5.41, 5.74) is 2.20. The highest BCUT2D eigenvalue weighted by atomic mass is 13.9. The van der Waals surface area contributed by atoms with Gasteiger partial charge in [0.05, 0.1) is 1.37 Å². The molecular formula is C9H14. The Morgan fingerprint density at radius 3 is 2.22 bits per heavy atom. The summed E-state index contributed by atoms with van der Waals surface area (Å²) in [4.78, 5) is 0. The predicted molar refractivity (Wildman–Crippen MR) is 42.6 cm³/mol. The van der Waals surface area contributed by atoms with Crippen LogP contribution in [0.25, 0.3) is 0 Å². The van der Waals surface area contributed by atoms with Crippen LogP contribution < -0.4 is 0 Å². The molecule has 0 saturated carbocycles. The van der Waals surface area contributed by atoms with Crippen molar-refractivity contribution in [3.63, 3.8) is 0 Å². The highest BCUT2D eigenvalue weighted by Crippen LogP contribution is 1.99. The largest absolute Gasteiger partial charge is 0.0776 e. The van der Waals surface area contributed by atoms with Gasteiger partial charge in [-0.1, -0.05) is 42.8 Å². The molecule has 0 N–H and O–H groups in total. The monoisotopic (exact) mass is 126 g/mol. The van der Waals surface area contributed by atoms with Gasteiger partial charge < -0.3 is 0 Å². The van der Waals surface area contributed by atoms with Crippen molar-refractivity contribution in [2.75, 3.05) is 0 Å². The first-order chi connectivity index (χ1) is 5.20. The zero-order chi connectivity index (χ0) is 8.85. The molecule has 50 valence electrons. The van der Waals surface area contributed by atoms with E-state index in [2.05, 4.69) is 0 Å². The number of hydrogen-bond donors (Lipinski definition) is 0. The van der Waals surface area contributed by atoms with Crippen molar-refractivity contribution in [3.05, 3.63) is 35.4 Å². The van der Waals surface area contributed by atoms with Crippen LogP contribution in [0, 0.1) is 13.8 Å². The Morgan fingerprint density at radius 2 is 1.78 bits per heavy atom. The SMILES string of the molecule is [3H]C.[3H]c1cc(C)ccc1C. The third-order valence-corrected chi connectivity index (χ3v) is 1.12. The van der Waals surface area contributed by atoms with E-state index in [9.17, 15) is 0 Å². The van der Waals surface area contributed by atoms with Crippen molar-refractivity contribution in [2.45, 2.75) is 21.3 Å². The molecule has 0 unspecified atom stereocenters. The van der Waals surface area contributed by atoms with Gasteiger partial charge in [-0.05, 0) is 13.8 Å². The summed E-state index contributed by atoms with van der Waals surface area (Å²) in [5.74, 6) is 0. The van der Waals surface area contributed by atoms with Crippen LogP contribution in [-0.2, 0) is 0 Å². The van der Waals surface area contributed by atoms with Gasteiger partial charge in [-0.15, -0.1) is 0 Å². The minimum Gasteiger partial charge on any atom is -0.0776 e. The third-order valence-electron chi connectivity index (χ3n) is 1.12. The maximum absolute atomic E-state index is 7.36. The Labute approximate surface area is 60.3 Å². The van der Waals surface area contributed by atoms with Crippen molar-refractivity contribution in [1.29, 1.82) is 0 Å². The highest BCUT2D eigenvalue weighted by molar-refractivity contribution is 5.19. The molecule has 9 heavy (non-hydrogen) atoms. The van der Waals surface area contributed by atoms with E-state index in [0.717, 1.165) is 11.1 Å². The summed E-state index contributed by atoms with van der Waals surface area (Å²) < 4.78 is 13.1. The van der Waals surface area contributed by atoms with Crippen LogP contribution in [0.3, 0.4) is 0 Å². The van der Waals surface area contributed by atoms with Gasteiger partial charge in [0.15, 0.2) is 0 Å². The summed E-state index contributed by atoms with van der Waals surface area (Å²) in [6.07, 6.45) is 0. The Morgan fingerprint density at radius 1 is 1.22 bits per heavy atom. The second-order valence-corrected chi connectivity index (χ2v) is 2.05. The average molecular weight is 126 g/mol. The minimum atomic E-state index is 0.634. The molecule has 0 radical (unpaired) electrons. The van der Waals surface area contributed by atoms with Crippen molar-refractivity contribution in [1.82, 2.24) is 0 Å². The van der Waals surface area contributed by atoms with Crippen LogP contribution in [0.2, 0.25) is 0 Å². The third kappa shape index (κ3) is 2.31. The normalized spacial score (nSPS) is 10.6. The highest BCUT2D eigenvalue weighted by Gasteiger charge is 1.79. The lowest BCUT2D eigenvalue weighted by atomic mass is 10.2. The first-order valence-electron chi connectivity index (χ1n) is 4.24. The molecule has 0 amide bonds. The molecular weight excluding hydrogens is 108 g/mol. The smallest absolute Gasteiger partial charge is 0.0626 e. The maximum atomic E-state index is 7.36. The zero-order valence-corrected chi connectivity index (χ0v) is 6.23. The Kier molecular flexibility index (Phi) is 1.84. The van der Waals surface area contributed by atoms with Crippen molar-refractivity contribution in [3.8, 4) is 0 Å². The molecule has 0 heterocycles. The van der Waals surface area contributed by atoms with Crippen molar-refractivity contribution >= 4 is 0 Å². The summed E-state index contributed by atoms with van der Waals surface area (Å²) >= 11 is 0. The van der Waals surface area contributed by atoms with Gasteiger partial charge in [0.1, 0.15) is 0 Å². The number of hydrogen-bond acceptors (Lipinski definition) is 0. The van der Waals surface area contributed by atoms with Crippen LogP contribution in [0.15, 0.2) is 24.2 Å². The molecule has 0 spiro atoms. The molecule has 0 bridgehead atoms. The van der Waals surface area contributed by atoms with Crippen LogP contribution in [0.1, 0.15) is 21.3 Å². The molecule has 0 aliphatic carbocycles. The molecule has 0 aliphatic heterocycles. The van der Waals surface area contributed by atoms with Gasteiger partial charge in [0, 0.05) is 1.37 Å². The number of aryl methyl sites for hydroxylation is 2. The standard InChI is InChI=1S/C8H10.CH4/c1-7-3-5-8(2)6-4-7;/h3-6H,1-2H3;1H4/i3T;1T. The summed E-state index contributed by atoms with van der Waals surface area (Å²) in [7, 11) is 1.25. The van der Waals surface area contributed by atoms with E-state index in [1.165, 1.54) is 7.40 Å². The van der Waals surface area contributed by atoms with Crippen LogP contribution in [0.5, 0.6) is 0 Å². The van der Waals surface area contributed by atoms with E-state index in [1.807, 2.05) is 32.0 Å². The summed E-state index contributed by atoms with van der Waals surface area (Å²) in [5, 5.41) is 0. The fraction of sp³-hybridized carbons (Fsp3) is 0.333. The van der Waals surface area contributed by atoms with E-state index >= 15 is 0 Å².